The quantitative estimate of drug-likeness (QED) is 0.571. The molecule has 0 saturated carbocycles. The summed E-state index contributed by atoms with van der Waals surface area (Å²) < 4.78 is 12.1. The number of alkyl halides is 2. The largest absolute Gasteiger partial charge is 0.371 e. The molecule has 0 spiro atoms. The molecule has 2 fully saturated rings. The lowest BCUT2D eigenvalue weighted by Gasteiger charge is -2.19. The molecule has 0 unspecified atom stereocenters. The second-order valence-corrected chi connectivity index (χ2v) is 6.88. The third-order valence-corrected chi connectivity index (χ3v) is 5.24. The van der Waals surface area contributed by atoms with E-state index in [0.29, 0.717) is 10.9 Å². The van der Waals surface area contributed by atoms with Crippen molar-refractivity contribution < 1.29 is 9.47 Å². The highest BCUT2D eigenvalue weighted by molar-refractivity contribution is 9.09. The molecule has 2 rings (SSSR count). The first-order valence-corrected chi connectivity index (χ1v) is 8.21. The summed E-state index contributed by atoms with van der Waals surface area (Å²) in [6.45, 7) is 2.15. The van der Waals surface area contributed by atoms with Crippen molar-refractivity contribution in [3.63, 3.8) is 0 Å². The molecule has 0 aliphatic carbocycles. The fourth-order valence-electron chi connectivity index (χ4n) is 2.78. The maximum atomic E-state index is 6.36. The molecule has 2 heterocycles. The fourth-order valence-corrected chi connectivity index (χ4v) is 3.99. The summed E-state index contributed by atoms with van der Waals surface area (Å²) in [7, 11) is 0. The van der Waals surface area contributed by atoms with Gasteiger partial charge in [0, 0.05) is 4.83 Å². The van der Waals surface area contributed by atoms with Gasteiger partial charge in [-0.05, 0) is 31.8 Å². The zero-order chi connectivity index (χ0) is 13.8. The SMILES string of the molecule is C#C/C=C\C[C@H]1O[C@@H]([C@@H]2C[C@H](Br)[C@@H](CC)O2)C[C@@H]1Cl. The van der Waals surface area contributed by atoms with Crippen molar-refractivity contribution in [2.75, 3.05) is 0 Å². The zero-order valence-electron chi connectivity index (χ0n) is 11.1. The lowest BCUT2D eigenvalue weighted by molar-refractivity contribution is -0.0641. The molecule has 0 N–H and O–H groups in total. The van der Waals surface area contributed by atoms with E-state index in [1.807, 2.05) is 6.08 Å². The van der Waals surface area contributed by atoms with Crippen molar-refractivity contribution in [1.29, 1.82) is 0 Å². The van der Waals surface area contributed by atoms with Crippen LogP contribution in [0.4, 0.5) is 0 Å². The van der Waals surface area contributed by atoms with Gasteiger partial charge in [-0.15, -0.1) is 18.0 Å². The molecule has 106 valence electrons. The molecule has 0 amide bonds. The molecule has 6 atom stereocenters. The summed E-state index contributed by atoms with van der Waals surface area (Å²) >= 11 is 10.0. The van der Waals surface area contributed by atoms with Gasteiger partial charge in [0.2, 0.25) is 0 Å². The monoisotopic (exact) mass is 346 g/mol. The minimum absolute atomic E-state index is 0.0467. The highest BCUT2D eigenvalue weighted by atomic mass is 79.9. The first-order valence-electron chi connectivity index (χ1n) is 6.85. The standard InChI is InChI=1S/C15H20BrClO2/c1-3-5-6-7-13-11(17)9-15(19-13)14-8-10(16)12(4-2)18-14/h1,5-6,10-15H,4,7-9H2,2H3/b6-5-/t10-,11-,12+,13+,14-,15+/m0/s1. The van der Waals surface area contributed by atoms with Gasteiger partial charge < -0.3 is 9.47 Å². The van der Waals surface area contributed by atoms with Gasteiger partial charge in [0.1, 0.15) is 0 Å². The Labute approximate surface area is 129 Å². The van der Waals surface area contributed by atoms with Crippen LogP contribution in [0.3, 0.4) is 0 Å². The summed E-state index contributed by atoms with van der Waals surface area (Å²) in [6.07, 6.45) is 13.1. The number of hydrogen-bond donors (Lipinski definition) is 0. The third kappa shape index (κ3) is 3.76. The highest BCUT2D eigenvalue weighted by Crippen LogP contribution is 2.37. The van der Waals surface area contributed by atoms with E-state index in [9.17, 15) is 0 Å². The number of hydrogen-bond acceptors (Lipinski definition) is 2. The predicted molar refractivity (Wildman–Crippen MR) is 81.8 cm³/mol. The van der Waals surface area contributed by atoms with Crippen LogP contribution in [0.5, 0.6) is 0 Å². The van der Waals surface area contributed by atoms with Gasteiger partial charge in [-0.1, -0.05) is 34.9 Å². The lowest BCUT2D eigenvalue weighted by atomic mass is 10.1. The Morgan fingerprint density at radius 2 is 2.00 bits per heavy atom. The van der Waals surface area contributed by atoms with Gasteiger partial charge in [0.15, 0.2) is 0 Å². The van der Waals surface area contributed by atoms with Gasteiger partial charge >= 0.3 is 0 Å². The number of halogens is 2. The minimum Gasteiger partial charge on any atom is -0.371 e. The number of ether oxygens (including phenoxy) is 2. The average Bonchev–Trinajstić information content (AvgIpc) is 2.93. The molecule has 0 aromatic rings. The van der Waals surface area contributed by atoms with E-state index in [-0.39, 0.29) is 23.7 Å². The van der Waals surface area contributed by atoms with E-state index < -0.39 is 0 Å². The normalized spacial score (nSPS) is 42.8. The molecule has 0 aromatic carbocycles. The maximum absolute atomic E-state index is 6.36. The third-order valence-electron chi connectivity index (χ3n) is 3.82. The molecule has 0 radical (unpaired) electrons. The molecule has 2 aliphatic rings. The van der Waals surface area contributed by atoms with Crippen LogP contribution in [0.1, 0.15) is 32.6 Å². The number of allylic oxidation sites excluding steroid dienone is 1. The molecule has 19 heavy (non-hydrogen) atoms. The Kier molecular flexibility index (Phi) is 5.77. The van der Waals surface area contributed by atoms with Crippen LogP contribution in [0, 0.1) is 12.3 Å². The van der Waals surface area contributed by atoms with Gasteiger partial charge in [-0.3, -0.25) is 0 Å². The van der Waals surface area contributed by atoms with Crippen molar-refractivity contribution in [2.45, 2.75) is 67.2 Å². The molecule has 0 aromatic heterocycles. The molecule has 0 bridgehead atoms. The summed E-state index contributed by atoms with van der Waals surface area (Å²) in [5, 5.41) is 0.0467. The predicted octanol–water partition coefficient (Wildman–Crippen LogP) is 3.66. The van der Waals surface area contributed by atoms with Crippen molar-refractivity contribution in [3.8, 4) is 12.3 Å². The molecular formula is C15H20BrClO2. The number of terminal acetylenes is 1. The summed E-state index contributed by atoms with van der Waals surface area (Å²) in [5.74, 6) is 2.48. The molecular weight excluding hydrogens is 328 g/mol. The fraction of sp³-hybridized carbons (Fsp3) is 0.733. The van der Waals surface area contributed by atoms with Crippen molar-refractivity contribution >= 4 is 27.5 Å². The zero-order valence-corrected chi connectivity index (χ0v) is 13.4. The highest BCUT2D eigenvalue weighted by Gasteiger charge is 2.43. The summed E-state index contributed by atoms with van der Waals surface area (Å²) in [4.78, 5) is 0.431. The van der Waals surface area contributed by atoms with Crippen LogP contribution >= 0.6 is 27.5 Å². The molecule has 2 aliphatic heterocycles. The van der Waals surface area contributed by atoms with Crippen molar-refractivity contribution in [1.82, 2.24) is 0 Å². The Hall–Kier alpha value is -0.0100. The first-order chi connectivity index (χ1) is 9.15. The van der Waals surface area contributed by atoms with E-state index >= 15 is 0 Å². The minimum atomic E-state index is 0.0467. The van der Waals surface area contributed by atoms with Crippen LogP contribution in [0.15, 0.2) is 12.2 Å². The van der Waals surface area contributed by atoms with Crippen molar-refractivity contribution in [2.24, 2.45) is 0 Å². The second-order valence-electron chi connectivity index (χ2n) is 5.14. The van der Waals surface area contributed by atoms with E-state index in [4.69, 9.17) is 27.5 Å². The Balaban J connectivity index is 1.87. The molecule has 4 heteroatoms. The number of rotatable bonds is 4. The van der Waals surface area contributed by atoms with Gasteiger partial charge in [0.05, 0.1) is 29.8 Å². The van der Waals surface area contributed by atoms with Crippen LogP contribution in [0.2, 0.25) is 0 Å². The van der Waals surface area contributed by atoms with E-state index in [2.05, 4.69) is 28.8 Å². The average molecular weight is 348 g/mol. The van der Waals surface area contributed by atoms with Crippen LogP contribution in [0.25, 0.3) is 0 Å². The van der Waals surface area contributed by atoms with Gasteiger partial charge in [-0.2, -0.15) is 0 Å². The maximum Gasteiger partial charge on any atom is 0.0856 e. The van der Waals surface area contributed by atoms with E-state index in [1.165, 1.54) is 0 Å². The lowest BCUT2D eigenvalue weighted by Crippen LogP contribution is -2.26. The van der Waals surface area contributed by atoms with Crippen LogP contribution < -0.4 is 0 Å². The van der Waals surface area contributed by atoms with Crippen LogP contribution in [-0.2, 0) is 9.47 Å². The topological polar surface area (TPSA) is 18.5 Å². The van der Waals surface area contributed by atoms with E-state index in [1.54, 1.807) is 6.08 Å². The first kappa shape index (κ1) is 15.4. The second kappa shape index (κ2) is 7.13. The molecule has 2 nitrogen and oxygen atoms in total. The Morgan fingerprint density at radius 1 is 1.32 bits per heavy atom. The molecule has 2 saturated heterocycles. The van der Waals surface area contributed by atoms with Gasteiger partial charge in [0.25, 0.3) is 0 Å². The van der Waals surface area contributed by atoms with Crippen LogP contribution in [-0.4, -0.2) is 34.6 Å². The Bertz CT molecular complexity index is 366. The smallest absolute Gasteiger partial charge is 0.0856 e. The summed E-state index contributed by atoms with van der Waals surface area (Å²) in [5.41, 5.74) is 0. The Morgan fingerprint density at radius 3 is 2.63 bits per heavy atom. The van der Waals surface area contributed by atoms with Crippen molar-refractivity contribution in [3.05, 3.63) is 12.2 Å². The van der Waals surface area contributed by atoms with Gasteiger partial charge in [-0.25, -0.2) is 0 Å². The summed E-state index contributed by atoms with van der Waals surface area (Å²) in [6, 6.07) is 0. The van der Waals surface area contributed by atoms with E-state index in [0.717, 1.165) is 25.7 Å².